The van der Waals surface area contributed by atoms with E-state index in [1.165, 1.54) is 11.1 Å². The summed E-state index contributed by atoms with van der Waals surface area (Å²) in [6, 6.07) is 13.6. The molecule has 0 atom stereocenters. The van der Waals surface area contributed by atoms with Crippen molar-refractivity contribution in [3.05, 3.63) is 59.5 Å². The number of benzene rings is 2. The van der Waals surface area contributed by atoms with Gasteiger partial charge in [-0.25, -0.2) is 0 Å². The Labute approximate surface area is 157 Å². The maximum absolute atomic E-state index is 5.31. The smallest absolute Gasteiger partial charge is 0.246 e. The van der Waals surface area contributed by atoms with Crippen molar-refractivity contribution in [3.8, 4) is 17.1 Å². The summed E-state index contributed by atoms with van der Waals surface area (Å²) in [6.07, 6.45) is 0. The van der Waals surface area contributed by atoms with Gasteiger partial charge in [-0.15, -0.1) is 0 Å². The second kappa shape index (κ2) is 7.97. The van der Waals surface area contributed by atoms with E-state index in [9.17, 15) is 0 Å². The monoisotopic (exact) mass is 368 g/mol. The zero-order chi connectivity index (χ0) is 18.5. The normalized spacial score (nSPS) is 10.4. The van der Waals surface area contributed by atoms with E-state index < -0.39 is 0 Å². The molecule has 0 bridgehead atoms. The number of rotatable bonds is 5. The number of aromatic nitrogens is 2. The highest BCUT2D eigenvalue weighted by Gasteiger charge is 2.09. The highest BCUT2D eigenvalue weighted by Crippen LogP contribution is 2.19. The van der Waals surface area contributed by atoms with Crippen molar-refractivity contribution in [3.63, 3.8) is 0 Å². The molecule has 0 spiro atoms. The first-order valence-corrected chi connectivity index (χ1v) is 8.55. The van der Waals surface area contributed by atoms with Crippen LogP contribution in [0.5, 0.6) is 5.75 Å². The number of hydrogen-bond acceptors (Lipinski definition) is 5. The first kappa shape index (κ1) is 17.9. The summed E-state index contributed by atoms with van der Waals surface area (Å²) in [5.41, 5.74) is 4.25. The molecule has 6 nitrogen and oxygen atoms in total. The van der Waals surface area contributed by atoms with Gasteiger partial charge < -0.3 is 19.9 Å². The summed E-state index contributed by atoms with van der Waals surface area (Å²) in [5.74, 6) is 1.76. The maximum atomic E-state index is 5.31. The largest absolute Gasteiger partial charge is 0.497 e. The van der Waals surface area contributed by atoms with Crippen LogP contribution in [0.15, 0.2) is 47.0 Å². The van der Waals surface area contributed by atoms with Crippen molar-refractivity contribution >= 4 is 23.0 Å². The Hall–Kier alpha value is -2.93. The molecule has 0 radical (unpaired) electrons. The highest BCUT2D eigenvalue weighted by molar-refractivity contribution is 7.80. The van der Waals surface area contributed by atoms with Crippen LogP contribution in [0.4, 0.5) is 5.69 Å². The third-order valence-corrected chi connectivity index (χ3v) is 4.23. The SMILES string of the molecule is COc1ccc(-c2noc(CNC(=S)Nc3ccc(C)c(C)c3)n2)cc1. The molecule has 26 heavy (non-hydrogen) atoms. The fourth-order valence-corrected chi connectivity index (χ4v) is 2.52. The summed E-state index contributed by atoms with van der Waals surface area (Å²) >= 11 is 5.31. The number of thiocarbonyl (C=S) groups is 1. The summed E-state index contributed by atoms with van der Waals surface area (Å²) in [5, 5.41) is 10.7. The van der Waals surface area contributed by atoms with Gasteiger partial charge >= 0.3 is 0 Å². The molecule has 134 valence electrons. The van der Waals surface area contributed by atoms with Gasteiger partial charge in [0, 0.05) is 11.3 Å². The van der Waals surface area contributed by atoms with Crippen LogP contribution < -0.4 is 15.4 Å². The van der Waals surface area contributed by atoms with Crippen molar-refractivity contribution in [1.82, 2.24) is 15.5 Å². The van der Waals surface area contributed by atoms with Gasteiger partial charge in [-0.2, -0.15) is 4.98 Å². The van der Waals surface area contributed by atoms with Crippen molar-refractivity contribution in [2.75, 3.05) is 12.4 Å². The van der Waals surface area contributed by atoms with Gasteiger partial charge in [-0.05, 0) is 73.6 Å². The number of nitrogens with one attached hydrogen (secondary N) is 2. The maximum Gasteiger partial charge on any atom is 0.246 e. The van der Waals surface area contributed by atoms with Gasteiger partial charge in [0.05, 0.1) is 13.7 Å². The van der Waals surface area contributed by atoms with E-state index in [0.717, 1.165) is 17.0 Å². The molecule has 0 aliphatic heterocycles. The molecule has 0 aliphatic rings. The van der Waals surface area contributed by atoms with Crippen LogP contribution in [0.2, 0.25) is 0 Å². The van der Waals surface area contributed by atoms with Gasteiger partial charge in [0.25, 0.3) is 0 Å². The number of methoxy groups -OCH3 is 1. The first-order chi connectivity index (χ1) is 12.5. The molecule has 2 aromatic carbocycles. The Morgan fingerprint density at radius 2 is 1.88 bits per heavy atom. The lowest BCUT2D eigenvalue weighted by atomic mass is 10.1. The van der Waals surface area contributed by atoms with Crippen molar-refractivity contribution < 1.29 is 9.26 Å². The molecule has 2 N–H and O–H groups in total. The highest BCUT2D eigenvalue weighted by atomic mass is 32.1. The van der Waals surface area contributed by atoms with Crippen LogP contribution >= 0.6 is 12.2 Å². The molecule has 1 aromatic heterocycles. The third kappa shape index (κ3) is 4.37. The number of aryl methyl sites for hydroxylation is 2. The lowest BCUT2D eigenvalue weighted by Crippen LogP contribution is -2.28. The van der Waals surface area contributed by atoms with Gasteiger partial charge in [-0.3, -0.25) is 0 Å². The van der Waals surface area contributed by atoms with E-state index in [0.29, 0.717) is 23.4 Å². The van der Waals surface area contributed by atoms with Crippen molar-refractivity contribution in [1.29, 1.82) is 0 Å². The Morgan fingerprint density at radius 3 is 2.58 bits per heavy atom. The van der Waals surface area contributed by atoms with Gasteiger partial charge in [-0.1, -0.05) is 11.2 Å². The fourth-order valence-electron chi connectivity index (χ4n) is 2.33. The molecule has 1 heterocycles. The van der Waals surface area contributed by atoms with Gasteiger partial charge in [0.1, 0.15) is 5.75 Å². The fraction of sp³-hybridized carbons (Fsp3) is 0.211. The van der Waals surface area contributed by atoms with Gasteiger partial charge in [0.15, 0.2) is 5.11 Å². The predicted octanol–water partition coefficient (Wildman–Crippen LogP) is 3.85. The van der Waals surface area contributed by atoms with Crippen LogP contribution in [0.1, 0.15) is 17.0 Å². The van der Waals surface area contributed by atoms with E-state index in [1.54, 1.807) is 7.11 Å². The number of anilines is 1. The Balaban J connectivity index is 1.56. The van der Waals surface area contributed by atoms with E-state index in [4.69, 9.17) is 21.5 Å². The molecule has 3 rings (SSSR count). The second-order valence-electron chi connectivity index (χ2n) is 5.85. The van der Waals surface area contributed by atoms with Gasteiger partial charge in [0.2, 0.25) is 11.7 Å². The van der Waals surface area contributed by atoms with E-state index >= 15 is 0 Å². The molecular formula is C19H20N4O2S. The Bertz CT molecular complexity index is 906. The van der Waals surface area contributed by atoms with Crippen LogP contribution in [0.25, 0.3) is 11.4 Å². The Morgan fingerprint density at radius 1 is 1.12 bits per heavy atom. The molecular weight excluding hydrogens is 348 g/mol. The quantitative estimate of drug-likeness (QED) is 0.663. The third-order valence-electron chi connectivity index (χ3n) is 3.98. The summed E-state index contributed by atoms with van der Waals surface area (Å²) < 4.78 is 10.4. The summed E-state index contributed by atoms with van der Waals surface area (Å²) in [6.45, 7) is 4.49. The molecule has 0 fully saturated rings. The minimum Gasteiger partial charge on any atom is -0.497 e. The van der Waals surface area contributed by atoms with Crippen LogP contribution in [0.3, 0.4) is 0 Å². The predicted molar refractivity (Wildman–Crippen MR) is 105 cm³/mol. The number of hydrogen-bond donors (Lipinski definition) is 2. The molecule has 0 amide bonds. The lowest BCUT2D eigenvalue weighted by molar-refractivity contribution is 0.376. The zero-order valence-electron chi connectivity index (χ0n) is 14.9. The molecule has 0 aliphatic carbocycles. The van der Waals surface area contributed by atoms with Crippen molar-refractivity contribution in [2.24, 2.45) is 0 Å². The molecule has 7 heteroatoms. The average molecular weight is 368 g/mol. The van der Waals surface area contributed by atoms with E-state index in [2.05, 4.69) is 46.8 Å². The van der Waals surface area contributed by atoms with Crippen LogP contribution in [-0.4, -0.2) is 22.4 Å². The molecule has 0 saturated heterocycles. The molecule has 0 saturated carbocycles. The van der Waals surface area contributed by atoms with Crippen molar-refractivity contribution in [2.45, 2.75) is 20.4 Å². The topological polar surface area (TPSA) is 72.2 Å². The van der Waals surface area contributed by atoms with E-state index in [1.807, 2.05) is 30.3 Å². The lowest BCUT2D eigenvalue weighted by Gasteiger charge is -2.10. The average Bonchev–Trinajstić information content (AvgIpc) is 3.12. The van der Waals surface area contributed by atoms with Crippen LogP contribution in [-0.2, 0) is 6.54 Å². The molecule has 0 unspecified atom stereocenters. The second-order valence-corrected chi connectivity index (χ2v) is 6.26. The standard InChI is InChI=1S/C19H20N4O2S/c1-12-4-7-15(10-13(12)2)21-19(26)20-11-17-22-18(23-25-17)14-5-8-16(24-3)9-6-14/h4-10H,11H2,1-3H3,(H2,20,21,26). The Kier molecular flexibility index (Phi) is 5.48. The number of ether oxygens (including phenoxy) is 1. The number of nitrogens with zero attached hydrogens (tertiary/aromatic N) is 2. The zero-order valence-corrected chi connectivity index (χ0v) is 15.7. The van der Waals surface area contributed by atoms with Crippen LogP contribution in [0, 0.1) is 13.8 Å². The molecule has 3 aromatic rings. The summed E-state index contributed by atoms with van der Waals surface area (Å²) in [4.78, 5) is 4.37. The first-order valence-electron chi connectivity index (χ1n) is 8.14. The van der Waals surface area contributed by atoms with E-state index in [-0.39, 0.29) is 0 Å². The minimum atomic E-state index is 0.347. The summed E-state index contributed by atoms with van der Waals surface area (Å²) in [7, 11) is 1.63. The minimum absolute atomic E-state index is 0.347.